The number of rotatable bonds is 6. The Morgan fingerprint density at radius 3 is 2.70 bits per heavy atom. The Morgan fingerprint density at radius 1 is 1.33 bits per heavy atom. The Morgan fingerprint density at radius 2 is 2.11 bits per heavy atom. The number of hydrogen-bond acceptors (Lipinski definition) is 6. The van der Waals surface area contributed by atoms with Gasteiger partial charge in [0.2, 0.25) is 5.91 Å². The van der Waals surface area contributed by atoms with Crippen molar-refractivity contribution in [3.05, 3.63) is 39.4 Å². The average molecular weight is 390 g/mol. The van der Waals surface area contributed by atoms with E-state index in [0.29, 0.717) is 22.8 Å². The van der Waals surface area contributed by atoms with Gasteiger partial charge in [-0.1, -0.05) is 0 Å². The third-order valence-corrected chi connectivity index (χ3v) is 5.02. The van der Waals surface area contributed by atoms with Crippen LogP contribution >= 0.6 is 12.2 Å². The molecule has 1 amide bonds. The molecule has 4 N–H and O–H groups in total. The molecule has 1 aromatic carbocycles. The summed E-state index contributed by atoms with van der Waals surface area (Å²) in [5, 5.41) is 2.91. The first kappa shape index (κ1) is 19.1. The van der Waals surface area contributed by atoms with Crippen molar-refractivity contribution in [2.75, 3.05) is 14.2 Å². The van der Waals surface area contributed by atoms with Crippen LogP contribution in [0.1, 0.15) is 12.8 Å². The van der Waals surface area contributed by atoms with Gasteiger partial charge in [-0.15, -0.1) is 0 Å². The Bertz CT molecular complexity index is 969. The van der Waals surface area contributed by atoms with Crippen LogP contribution in [0.15, 0.2) is 29.1 Å². The lowest BCUT2D eigenvalue weighted by molar-refractivity contribution is -0.123. The van der Waals surface area contributed by atoms with Crippen molar-refractivity contribution in [1.82, 2.24) is 14.9 Å². The summed E-state index contributed by atoms with van der Waals surface area (Å²) in [6, 6.07) is 6.57. The maximum atomic E-state index is 12.5. The van der Waals surface area contributed by atoms with Crippen molar-refractivity contribution >= 4 is 18.1 Å². The lowest BCUT2D eigenvalue weighted by atomic mass is 9.87. The molecule has 0 bridgehead atoms. The van der Waals surface area contributed by atoms with Gasteiger partial charge in [0.05, 0.1) is 19.9 Å². The highest BCUT2D eigenvalue weighted by molar-refractivity contribution is 7.71. The lowest BCUT2D eigenvalue weighted by Gasteiger charge is -2.34. The van der Waals surface area contributed by atoms with Crippen LogP contribution in [-0.2, 0) is 11.3 Å². The van der Waals surface area contributed by atoms with Gasteiger partial charge in [-0.3, -0.25) is 14.6 Å². The number of aromatic amines is 1. The molecule has 27 heavy (non-hydrogen) atoms. The van der Waals surface area contributed by atoms with E-state index in [2.05, 4.69) is 10.3 Å². The van der Waals surface area contributed by atoms with E-state index in [4.69, 9.17) is 27.4 Å². The summed E-state index contributed by atoms with van der Waals surface area (Å²) in [7, 11) is 3.08. The van der Waals surface area contributed by atoms with Gasteiger partial charge >= 0.3 is 0 Å². The van der Waals surface area contributed by atoms with E-state index in [1.54, 1.807) is 29.9 Å². The maximum Gasteiger partial charge on any atom is 0.252 e. The van der Waals surface area contributed by atoms with Crippen LogP contribution in [0.2, 0.25) is 0 Å². The van der Waals surface area contributed by atoms with Crippen LogP contribution in [0.4, 0.5) is 0 Å². The number of carbonyl (C=O) groups is 1. The first-order valence-corrected chi connectivity index (χ1v) is 8.95. The van der Waals surface area contributed by atoms with E-state index >= 15 is 0 Å². The zero-order chi connectivity index (χ0) is 19.6. The molecule has 1 fully saturated rings. The molecule has 1 heterocycles. The second-order valence-corrected chi connectivity index (χ2v) is 6.78. The molecule has 3 rings (SSSR count). The molecule has 0 saturated heterocycles. The predicted octanol–water partition coefficient (Wildman–Crippen LogP) is 1.20. The minimum atomic E-state index is -0.356. The van der Waals surface area contributed by atoms with Gasteiger partial charge in [-0.05, 0) is 37.2 Å². The summed E-state index contributed by atoms with van der Waals surface area (Å²) < 4.78 is 12.4. The molecule has 144 valence electrons. The molecule has 0 unspecified atom stereocenters. The number of methoxy groups -OCH3 is 2. The standard InChI is InChI=1S/C18H22N4O4S/c1-25-10-3-4-11(15(7-10)26-2)14-8-16(23)21-18(27)22(14)9-17(24)20-13-6-5-12(13)19/h3-4,7-8,12-13H,5-6,9,19H2,1-2H3,(H,20,24)(H,21,23,27)/t12-,13-/m0/s1. The molecule has 1 aliphatic rings. The monoisotopic (exact) mass is 390 g/mol. The minimum absolute atomic E-state index is 0.0151. The number of nitrogens with two attached hydrogens (primary N) is 1. The van der Waals surface area contributed by atoms with Crippen LogP contribution in [0.5, 0.6) is 11.5 Å². The van der Waals surface area contributed by atoms with Crippen LogP contribution in [0, 0.1) is 4.77 Å². The van der Waals surface area contributed by atoms with Gasteiger partial charge in [-0.2, -0.15) is 0 Å². The largest absolute Gasteiger partial charge is 0.497 e. The number of benzene rings is 1. The van der Waals surface area contributed by atoms with Gasteiger partial charge in [0.15, 0.2) is 4.77 Å². The van der Waals surface area contributed by atoms with Crippen LogP contribution in [0.3, 0.4) is 0 Å². The summed E-state index contributed by atoms with van der Waals surface area (Å²) in [6.45, 7) is -0.0383. The second-order valence-electron chi connectivity index (χ2n) is 6.39. The average Bonchev–Trinajstić information content (AvgIpc) is 2.66. The van der Waals surface area contributed by atoms with E-state index in [1.165, 1.54) is 13.2 Å². The highest BCUT2D eigenvalue weighted by Gasteiger charge is 2.28. The second kappa shape index (κ2) is 7.93. The highest BCUT2D eigenvalue weighted by atomic mass is 32.1. The van der Waals surface area contributed by atoms with Crippen LogP contribution in [0.25, 0.3) is 11.3 Å². The number of H-pyrrole nitrogens is 1. The smallest absolute Gasteiger partial charge is 0.252 e. The Kier molecular flexibility index (Phi) is 5.62. The molecule has 0 radical (unpaired) electrons. The number of carbonyl (C=O) groups excluding carboxylic acids is 1. The molecule has 2 aromatic rings. The first-order valence-electron chi connectivity index (χ1n) is 8.54. The number of amides is 1. The van der Waals surface area contributed by atoms with Crippen molar-refractivity contribution < 1.29 is 14.3 Å². The summed E-state index contributed by atoms with van der Waals surface area (Å²) >= 11 is 5.29. The number of aromatic nitrogens is 2. The zero-order valence-corrected chi connectivity index (χ0v) is 16.0. The molecular formula is C18H22N4O4S. The van der Waals surface area contributed by atoms with E-state index in [1.807, 2.05) is 0 Å². The predicted molar refractivity (Wildman–Crippen MR) is 104 cm³/mol. The van der Waals surface area contributed by atoms with E-state index in [-0.39, 0.29) is 34.9 Å². The van der Waals surface area contributed by atoms with E-state index in [0.717, 1.165) is 12.8 Å². The lowest BCUT2D eigenvalue weighted by Crippen LogP contribution is -2.55. The molecule has 1 saturated carbocycles. The van der Waals surface area contributed by atoms with Gasteiger partial charge in [0, 0.05) is 29.8 Å². The molecule has 0 spiro atoms. The van der Waals surface area contributed by atoms with Gasteiger partial charge < -0.3 is 25.1 Å². The number of nitrogens with zero attached hydrogens (tertiary/aromatic N) is 1. The maximum absolute atomic E-state index is 12.5. The number of nitrogens with one attached hydrogen (secondary N) is 2. The van der Waals surface area contributed by atoms with Crippen LogP contribution < -0.4 is 26.1 Å². The number of ether oxygens (including phenoxy) is 2. The highest BCUT2D eigenvalue weighted by Crippen LogP contribution is 2.32. The summed E-state index contributed by atoms with van der Waals surface area (Å²) in [4.78, 5) is 27.0. The van der Waals surface area contributed by atoms with Crippen molar-refractivity contribution in [2.45, 2.75) is 31.5 Å². The van der Waals surface area contributed by atoms with Crippen molar-refractivity contribution in [3.63, 3.8) is 0 Å². The fourth-order valence-electron chi connectivity index (χ4n) is 3.01. The third kappa shape index (κ3) is 4.04. The zero-order valence-electron chi connectivity index (χ0n) is 15.2. The summed E-state index contributed by atoms with van der Waals surface area (Å²) in [5.74, 6) is 0.902. The van der Waals surface area contributed by atoms with Crippen molar-refractivity contribution in [1.29, 1.82) is 0 Å². The first-order chi connectivity index (χ1) is 12.9. The molecular weight excluding hydrogens is 368 g/mol. The molecule has 8 nitrogen and oxygen atoms in total. The quantitative estimate of drug-likeness (QED) is 0.639. The summed E-state index contributed by atoms with van der Waals surface area (Å²) in [6.07, 6.45) is 1.76. The fourth-order valence-corrected chi connectivity index (χ4v) is 3.28. The molecule has 2 atom stereocenters. The Hall–Kier alpha value is -2.65. The minimum Gasteiger partial charge on any atom is -0.497 e. The van der Waals surface area contributed by atoms with E-state index in [9.17, 15) is 9.59 Å². The van der Waals surface area contributed by atoms with Gasteiger partial charge in [0.25, 0.3) is 5.56 Å². The van der Waals surface area contributed by atoms with E-state index < -0.39 is 0 Å². The third-order valence-electron chi connectivity index (χ3n) is 4.69. The van der Waals surface area contributed by atoms with Gasteiger partial charge in [0.1, 0.15) is 18.0 Å². The van der Waals surface area contributed by atoms with Crippen LogP contribution in [-0.4, -0.2) is 41.8 Å². The van der Waals surface area contributed by atoms with Crippen molar-refractivity contribution in [3.8, 4) is 22.8 Å². The summed E-state index contributed by atoms with van der Waals surface area (Å²) in [5.41, 5.74) is 6.64. The Labute approximate surface area is 161 Å². The Balaban J connectivity index is 1.99. The SMILES string of the molecule is COc1ccc(-c2cc(=O)[nH]c(=S)n2CC(=O)N[C@H]2CC[C@@H]2N)c(OC)c1. The van der Waals surface area contributed by atoms with Crippen molar-refractivity contribution in [2.24, 2.45) is 5.73 Å². The molecule has 9 heteroatoms. The topological polar surface area (TPSA) is 111 Å². The van der Waals surface area contributed by atoms with Gasteiger partial charge in [-0.25, -0.2) is 0 Å². The number of hydrogen-bond donors (Lipinski definition) is 3. The molecule has 0 aliphatic heterocycles. The molecule has 1 aliphatic carbocycles. The normalized spacial score (nSPS) is 18.5. The molecule has 1 aromatic heterocycles. The fraction of sp³-hybridized carbons (Fsp3) is 0.389.